The van der Waals surface area contributed by atoms with Gasteiger partial charge in [0.15, 0.2) is 5.83 Å². The first kappa shape index (κ1) is 13.1. The topological polar surface area (TPSA) is 63.3 Å². The van der Waals surface area contributed by atoms with Gasteiger partial charge >= 0.3 is 0 Å². The third kappa shape index (κ3) is 7.73. The lowest BCUT2D eigenvalue weighted by atomic mass is 10.1. The largest absolute Gasteiger partial charge is 0.396 e. The number of hydrogen-bond donors (Lipinski definition) is 2. The summed E-state index contributed by atoms with van der Waals surface area (Å²) >= 11 is 0. The maximum atomic E-state index is 12.5. The van der Waals surface area contributed by atoms with E-state index in [0.29, 0.717) is 6.42 Å². The van der Waals surface area contributed by atoms with Crippen molar-refractivity contribution in [3.05, 3.63) is 11.9 Å². The first-order valence-electron chi connectivity index (χ1n) is 4.94. The third-order valence-electron chi connectivity index (χ3n) is 1.92. The standard InChI is InChI=1S/C10H18FNO2/c11-9(10(12)14)7-5-3-1-2-4-6-8-13/h7,13H,1-6,8H2,(H2,12,14)/b9-7-. The van der Waals surface area contributed by atoms with Crippen LogP contribution in [0, 0.1) is 0 Å². The van der Waals surface area contributed by atoms with E-state index < -0.39 is 11.7 Å². The van der Waals surface area contributed by atoms with E-state index in [4.69, 9.17) is 10.8 Å². The second kappa shape index (κ2) is 8.69. The third-order valence-corrected chi connectivity index (χ3v) is 1.92. The molecule has 0 bridgehead atoms. The van der Waals surface area contributed by atoms with Crippen LogP contribution in [0.2, 0.25) is 0 Å². The number of nitrogens with two attached hydrogens (primary N) is 1. The highest BCUT2D eigenvalue weighted by atomic mass is 19.1. The average Bonchev–Trinajstić information content (AvgIpc) is 2.16. The van der Waals surface area contributed by atoms with Crippen molar-refractivity contribution in [3.8, 4) is 0 Å². The van der Waals surface area contributed by atoms with Crippen LogP contribution >= 0.6 is 0 Å². The van der Waals surface area contributed by atoms with Gasteiger partial charge in [0.05, 0.1) is 0 Å². The van der Waals surface area contributed by atoms with Crippen LogP contribution in [0.4, 0.5) is 4.39 Å². The van der Waals surface area contributed by atoms with Crippen LogP contribution in [-0.2, 0) is 4.79 Å². The smallest absolute Gasteiger partial charge is 0.277 e. The van der Waals surface area contributed by atoms with Crippen LogP contribution in [0.25, 0.3) is 0 Å². The van der Waals surface area contributed by atoms with Crippen LogP contribution in [0.3, 0.4) is 0 Å². The molecular formula is C10H18FNO2. The molecule has 0 fully saturated rings. The second-order valence-electron chi connectivity index (χ2n) is 3.20. The van der Waals surface area contributed by atoms with E-state index >= 15 is 0 Å². The molecule has 0 aromatic heterocycles. The molecule has 82 valence electrons. The summed E-state index contributed by atoms with van der Waals surface area (Å²) in [7, 11) is 0. The van der Waals surface area contributed by atoms with Crippen molar-refractivity contribution >= 4 is 5.91 Å². The number of amides is 1. The van der Waals surface area contributed by atoms with Crippen molar-refractivity contribution in [1.29, 1.82) is 0 Å². The van der Waals surface area contributed by atoms with Gasteiger partial charge in [-0.25, -0.2) is 4.39 Å². The van der Waals surface area contributed by atoms with Crippen LogP contribution < -0.4 is 5.73 Å². The molecule has 0 aliphatic rings. The number of halogens is 1. The monoisotopic (exact) mass is 203 g/mol. The zero-order chi connectivity index (χ0) is 10.8. The van der Waals surface area contributed by atoms with Gasteiger partial charge in [-0.15, -0.1) is 0 Å². The highest BCUT2D eigenvalue weighted by Crippen LogP contribution is 2.07. The zero-order valence-corrected chi connectivity index (χ0v) is 8.34. The van der Waals surface area contributed by atoms with Crippen molar-refractivity contribution in [3.63, 3.8) is 0 Å². The van der Waals surface area contributed by atoms with Crippen molar-refractivity contribution in [2.24, 2.45) is 5.73 Å². The molecule has 0 spiro atoms. The summed E-state index contributed by atoms with van der Waals surface area (Å²) < 4.78 is 12.5. The lowest BCUT2D eigenvalue weighted by molar-refractivity contribution is -0.115. The summed E-state index contributed by atoms with van der Waals surface area (Å²) in [6.07, 6.45) is 6.48. The quantitative estimate of drug-likeness (QED) is 0.465. The predicted octanol–water partition coefficient (Wildman–Crippen LogP) is 1.66. The summed E-state index contributed by atoms with van der Waals surface area (Å²) in [6, 6.07) is 0. The molecule has 3 N–H and O–H groups in total. The van der Waals surface area contributed by atoms with E-state index in [2.05, 4.69) is 0 Å². The fourth-order valence-electron chi connectivity index (χ4n) is 1.12. The summed E-state index contributed by atoms with van der Waals surface area (Å²) in [6.45, 7) is 0.232. The molecule has 0 aromatic rings. The number of hydrogen-bond acceptors (Lipinski definition) is 2. The molecular weight excluding hydrogens is 185 g/mol. The van der Waals surface area contributed by atoms with Gasteiger partial charge in [-0.05, 0) is 25.3 Å². The Morgan fingerprint density at radius 3 is 2.36 bits per heavy atom. The first-order chi connectivity index (χ1) is 6.68. The number of primary amides is 1. The number of aliphatic hydroxyl groups excluding tert-OH is 1. The summed E-state index contributed by atoms with van der Waals surface area (Å²) in [4.78, 5) is 10.3. The Labute approximate surface area is 83.8 Å². The Morgan fingerprint density at radius 1 is 1.21 bits per heavy atom. The zero-order valence-electron chi connectivity index (χ0n) is 8.34. The molecule has 14 heavy (non-hydrogen) atoms. The van der Waals surface area contributed by atoms with Gasteiger partial charge in [0.1, 0.15) is 0 Å². The lowest BCUT2D eigenvalue weighted by Gasteiger charge is -1.97. The van der Waals surface area contributed by atoms with Gasteiger partial charge in [-0.2, -0.15) is 0 Å². The van der Waals surface area contributed by atoms with Crippen LogP contribution in [-0.4, -0.2) is 17.6 Å². The first-order valence-corrected chi connectivity index (χ1v) is 4.94. The summed E-state index contributed by atoms with van der Waals surface area (Å²) in [5.74, 6) is -1.84. The van der Waals surface area contributed by atoms with Crippen molar-refractivity contribution in [2.45, 2.75) is 38.5 Å². The maximum Gasteiger partial charge on any atom is 0.277 e. The molecule has 4 heteroatoms. The Bertz CT molecular complexity index is 193. The van der Waals surface area contributed by atoms with Gasteiger partial charge in [0, 0.05) is 6.61 Å². The van der Waals surface area contributed by atoms with Gasteiger partial charge in [0.2, 0.25) is 0 Å². The Hall–Kier alpha value is -0.900. The molecule has 0 saturated carbocycles. The molecule has 0 radical (unpaired) electrons. The molecule has 0 aliphatic carbocycles. The number of rotatable bonds is 8. The molecule has 3 nitrogen and oxygen atoms in total. The highest BCUT2D eigenvalue weighted by molar-refractivity contribution is 5.89. The van der Waals surface area contributed by atoms with Crippen LogP contribution in [0.15, 0.2) is 11.9 Å². The Balaban J connectivity index is 3.29. The molecule has 0 aromatic carbocycles. The maximum absolute atomic E-state index is 12.5. The van der Waals surface area contributed by atoms with Crippen LogP contribution in [0.5, 0.6) is 0 Å². The van der Waals surface area contributed by atoms with Crippen molar-refractivity contribution in [1.82, 2.24) is 0 Å². The van der Waals surface area contributed by atoms with Crippen LogP contribution in [0.1, 0.15) is 38.5 Å². The van der Waals surface area contributed by atoms with E-state index in [1.807, 2.05) is 0 Å². The van der Waals surface area contributed by atoms with E-state index in [9.17, 15) is 9.18 Å². The number of carbonyl (C=O) groups excluding carboxylic acids is 1. The van der Waals surface area contributed by atoms with Gasteiger partial charge in [-0.3, -0.25) is 4.79 Å². The Kier molecular flexibility index (Phi) is 8.13. The minimum atomic E-state index is -0.995. The van der Waals surface area contributed by atoms with Gasteiger partial charge < -0.3 is 10.8 Å². The SMILES string of the molecule is NC(=O)/C(F)=C/CCCCCCCO. The van der Waals surface area contributed by atoms with Crippen molar-refractivity contribution < 1.29 is 14.3 Å². The molecule has 1 amide bonds. The minimum Gasteiger partial charge on any atom is -0.396 e. The van der Waals surface area contributed by atoms with Gasteiger partial charge in [-0.1, -0.05) is 19.3 Å². The summed E-state index contributed by atoms with van der Waals surface area (Å²) in [5.41, 5.74) is 4.71. The molecule has 0 aliphatic heterocycles. The van der Waals surface area contributed by atoms with E-state index in [-0.39, 0.29) is 6.61 Å². The number of carbonyl (C=O) groups is 1. The van der Waals surface area contributed by atoms with E-state index in [1.54, 1.807) is 0 Å². The molecule has 0 atom stereocenters. The minimum absolute atomic E-state index is 0.232. The average molecular weight is 203 g/mol. The highest BCUT2D eigenvalue weighted by Gasteiger charge is 2.00. The Morgan fingerprint density at radius 2 is 1.79 bits per heavy atom. The number of aliphatic hydroxyl groups is 1. The fraction of sp³-hybridized carbons (Fsp3) is 0.700. The predicted molar refractivity (Wildman–Crippen MR) is 53.2 cm³/mol. The molecule has 0 rings (SSSR count). The molecule has 0 unspecified atom stereocenters. The lowest BCUT2D eigenvalue weighted by Crippen LogP contribution is -2.10. The number of allylic oxidation sites excluding steroid dienone is 1. The van der Waals surface area contributed by atoms with E-state index in [0.717, 1.165) is 32.1 Å². The van der Waals surface area contributed by atoms with Gasteiger partial charge in [0.25, 0.3) is 5.91 Å². The second-order valence-corrected chi connectivity index (χ2v) is 3.20. The normalized spacial score (nSPS) is 11.7. The number of unbranched alkanes of at least 4 members (excludes halogenated alkanes) is 5. The molecule has 0 heterocycles. The summed E-state index contributed by atoms with van der Waals surface area (Å²) in [5, 5.41) is 8.49. The van der Waals surface area contributed by atoms with E-state index in [1.165, 1.54) is 6.08 Å². The fourth-order valence-corrected chi connectivity index (χ4v) is 1.12. The van der Waals surface area contributed by atoms with Crippen molar-refractivity contribution in [2.75, 3.05) is 6.61 Å². The molecule has 0 saturated heterocycles.